The summed E-state index contributed by atoms with van der Waals surface area (Å²) < 4.78 is 15.9. The van der Waals surface area contributed by atoms with Gasteiger partial charge in [0.25, 0.3) is 0 Å². The maximum absolute atomic E-state index is 12.1. The number of carbonyl (C=O) groups is 1. The summed E-state index contributed by atoms with van der Waals surface area (Å²) in [4.78, 5) is 12.1. The van der Waals surface area contributed by atoms with Crippen LogP contribution in [0.4, 0.5) is 5.69 Å². The van der Waals surface area contributed by atoms with Crippen molar-refractivity contribution in [3.63, 3.8) is 0 Å². The molecular formula is C18H18Cl3NO4. The number of hydrogen-bond donors (Lipinski definition) is 1. The Morgan fingerprint density at radius 1 is 0.962 bits per heavy atom. The van der Waals surface area contributed by atoms with Crippen molar-refractivity contribution in [2.24, 2.45) is 0 Å². The number of benzene rings is 2. The molecule has 2 aromatic carbocycles. The first-order valence-electron chi connectivity index (χ1n) is 7.73. The Morgan fingerprint density at radius 3 is 2.31 bits per heavy atom. The van der Waals surface area contributed by atoms with Crippen LogP contribution in [-0.2, 0) is 4.79 Å². The van der Waals surface area contributed by atoms with Crippen LogP contribution >= 0.6 is 34.8 Å². The van der Waals surface area contributed by atoms with Gasteiger partial charge in [-0.05, 0) is 24.6 Å². The van der Waals surface area contributed by atoms with Gasteiger partial charge in [0.1, 0.15) is 5.75 Å². The molecule has 0 atom stereocenters. The van der Waals surface area contributed by atoms with Gasteiger partial charge in [0, 0.05) is 23.6 Å². The van der Waals surface area contributed by atoms with E-state index < -0.39 is 0 Å². The van der Waals surface area contributed by atoms with Crippen LogP contribution in [0.2, 0.25) is 15.1 Å². The van der Waals surface area contributed by atoms with Gasteiger partial charge in [0.2, 0.25) is 5.91 Å². The highest BCUT2D eigenvalue weighted by Gasteiger charge is 2.12. The standard InChI is InChI=1S/C18H18Cl3NO4/c1-24-16-9-12(20)14(10-17(16)25-2)22-18(23)4-3-7-26-15-6-5-11(19)8-13(15)21/h5-6,8-10H,3-4,7H2,1-2H3,(H,22,23). The second-order valence-corrected chi connectivity index (χ2v) is 6.51. The van der Waals surface area contributed by atoms with E-state index >= 15 is 0 Å². The van der Waals surface area contributed by atoms with E-state index in [9.17, 15) is 4.79 Å². The van der Waals surface area contributed by atoms with Gasteiger partial charge < -0.3 is 19.5 Å². The lowest BCUT2D eigenvalue weighted by Gasteiger charge is -2.13. The molecule has 0 heterocycles. The number of nitrogens with one attached hydrogen (secondary N) is 1. The van der Waals surface area contributed by atoms with E-state index in [1.54, 1.807) is 30.3 Å². The zero-order chi connectivity index (χ0) is 19.1. The predicted octanol–water partition coefficient (Wildman–Crippen LogP) is 5.46. The van der Waals surface area contributed by atoms with E-state index in [4.69, 9.17) is 49.0 Å². The van der Waals surface area contributed by atoms with E-state index in [0.29, 0.717) is 51.0 Å². The van der Waals surface area contributed by atoms with Crippen molar-refractivity contribution in [3.8, 4) is 17.2 Å². The summed E-state index contributed by atoms with van der Waals surface area (Å²) in [6.07, 6.45) is 0.769. The Kier molecular flexibility index (Phi) is 7.69. The molecule has 0 fully saturated rings. The monoisotopic (exact) mass is 417 g/mol. The van der Waals surface area contributed by atoms with Crippen molar-refractivity contribution >= 4 is 46.4 Å². The molecule has 1 N–H and O–H groups in total. The number of anilines is 1. The van der Waals surface area contributed by atoms with Crippen molar-refractivity contribution in [1.82, 2.24) is 0 Å². The zero-order valence-electron chi connectivity index (χ0n) is 14.3. The third kappa shape index (κ3) is 5.59. The third-order valence-corrected chi connectivity index (χ3v) is 4.29. The van der Waals surface area contributed by atoms with Crippen LogP contribution in [0.5, 0.6) is 17.2 Å². The first-order chi connectivity index (χ1) is 12.4. The molecule has 2 aromatic rings. The van der Waals surface area contributed by atoms with Crippen molar-refractivity contribution in [3.05, 3.63) is 45.4 Å². The minimum atomic E-state index is -0.190. The van der Waals surface area contributed by atoms with Crippen molar-refractivity contribution in [1.29, 1.82) is 0 Å². The highest BCUT2D eigenvalue weighted by Crippen LogP contribution is 2.36. The van der Waals surface area contributed by atoms with Crippen molar-refractivity contribution in [2.45, 2.75) is 12.8 Å². The van der Waals surface area contributed by atoms with E-state index in [1.807, 2.05) is 0 Å². The maximum Gasteiger partial charge on any atom is 0.224 e. The average Bonchev–Trinajstić information content (AvgIpc) is 2.61. The molecule has 0 aliphatic rings. The fraction of sp³-hybridized carbons (Fsp3) is 0.278. The molecular weight excluding hydrogens is 401 g/mol. The van der Waals surface area contributed by atoms with Gasteiger partial charge in [-0.3, -0.25) is 4.79 Å². The second kappa shape index (κ2) is 9.76. The number of ether oxygens (including phenoxy) is 3. The van der Waals surface area contributed by atoms with Crippen LogP contribution in [0, 0.1) is 0 Å². The number of amides is 1. The smallest absolute Gasteiger partial charge is 0.224 e. The van der Waals surface area contributed by atoms with Gasteiger partial charge in [-0.25, -0.2) is 0 Å². The summed E-state index contributed by atoms with van der Waals surface area (Å²) in [6.45, 7) is 0.342. The molecule has 0 saturated heterocycles. The topological polar surface area (TPSA) is 56.8 Å². The number of carbonyl (C=O) groups excluding carboxylic acids is 1. The summed E-state index contributed by atoms with van der Waals surface area (Å²) >= 11 is 18.0. The number of halogens is 3. The van der Waals surface area contributed by atoms with Crippen LogP contribution in [-0.4, -0.2) is 26.7 Å². The lowest BCUT2D eigenvalue weighted by atomic mass is 10.2. The molecule has 1 amide bonds. The Balaban J connectivity index is 1.85. The van der Waals surface area contributed by atoms with E-state index in [-0.39, 0.29) is 12.3 Å². The first kappa shape index (κ1) is 20.5. The molecule has 8 heteroatoms. The maximum atomic E-state index is 12.1. The average molecular weight is 419 g/mol. The van der Waals surface area contributed by atoms with Crippen LogP contribution in [0.15, 0.2) is 30.3 Å². The second-order valence-electron chi connectivity index (χ2n) is 5.26. The van der Waals surface area contributed by atoms with Crippen LogP contribution in [0.25, 0.3) is 0 Å². The highest BCUT2D eigenvalue weighted by atomic mass is 35.5. The molecule has 0 saturated carbocycles. The van der Waals surface area contributed by atoms with Crippen LogP contribution in [0.1, 0.15) is 12.8 Å². The number of rotatable bonds is 8. The van der Waals surface area contributed by atoms with Crippen molar-refractivity contribution in [2.75, 3.05) is 26.1 Å². The fourth-order valence-electron chi connectivity index (χ4n) is 2.17. The lowest BCUT2D eigenvalue weighted by molar-refractivity contribution is -0.116. The quantitative estimate of drug-likeness (QED) is 0.578. The third-order valence-electron chi connectivity index (χ3n) is 3.45. The summed E-state index contributed by atoms with van der Waals surface area (Å²) in [7, 11) is 3.02. The van der Waals surface area contributed by atoms with Gasteiger partial charge >= 0.3 is 0 Å². The zero-order valence-corrected chi connectivity index (χ0v) is 16.5. The fourth-order valence-corrected chi connectivity index (χ4v) is 2.83. The Labute approximate surface area is 167 Å². The molecule has 26 heavy (non-hydrogen) atoms. The highest BCUT2D eigenvalue weighted by molar-refractivity contribution is 6.35. The molecule has 5 nitrogen and oxygen atoms in total. The van der Waals surface area contributed by atoms with Crippen molar-refractivity contribution < 1.29 is 19.0 Å². The number of hydrogen-bond acceptors (Lipinski definition) is 4. The molecule has 0 aliphatic heterocycles. The largest absolute Gasteiger partial charge is 0.493 e. The first-order valence-corrected chi connectivity index (χ1v) is 8.87. The van der Waals surface area contributed by atoms with E-state index in [2.05, 4.69) is 5.32 Å². The molecule has 0 aromatic heterocycles. The van der Waals surface area contributed by atoms with E-state index in [1.165, 1.54) is 14.2 Å². The minimum absolute atomic E-state index is 0.190. The number of methoxy groups -OCH3 is 2. The van der Waals surface area contributed by atoms with Gasteiger partial charge in [-0.15, -0.1) is 0 Å². The Hall–Kier alpha value is -1.82. The van der Waals surface area contributed by atoms with Gasteiger partial charge in [-0.2, -0.15) is 0 Å². The molecule has 0 radical (unpaired) electrons. The summed E-state index contributed by atoms with van der Waals surface area (Å²) in [5.41, 5.74) is 0.455. The summed E-state index contributed by atoms with van der Waals surface area (Å²) in [5.74, 6) is 1.31. The van der Waals surface area contributed by atoms with Crippen LogP contribution in [0.3, 0.4) is 0 Å². The molecule has 0 spiro atoms. The summed E-state index contributed by atoms with van der Waals surface area (Å²) in [6, 6.07) is 8.18. The van der Waals surface area contributed by atoms with Gasteiger partial charge in [0.05, 0.1) is 36.6 Å². The molecule has 2 rings (SSSR count). The minimum Gasteiger partial charge on any atom is -0.493 e. The molecule has 0 bridgehead atoms. The normalized spacial score (nSPS) is 10.3. The SMILES string of the molecule is COc1cc(Cl)c(NC(=O)CCCOc2ccc(Cl)cc2Cl)cc1OC. The lowest BCUT2D eigenvalue weighted by Crippen LogP contribution is -2.13. The molecule has 140 valence electrons. The van der Waals surface area contributed by atoms with Crippen LogP contribution < -0.4 is 19.5 Å². The molecule has 0 unspecified atom stereocenters. The summed E-state index contributed by atoms with van der Waals surface area (Å²) in [5, 5.41) is 4.07. The van der Waals surface area contributed by atoms with Gasteiger partial charge in [-0.1, -0.05) is 34.8 Å². The molecule has 0 aliphatic carbocycles. The predicted molar refractivity (Wildman–Crippen MR) is 104 cm³/mol. The van der Waals surface area contributed by atoms with Gasteiger partial charge in [0.15, 0.2) is 11.5 Å². The Morgan fingerprint density at radius 2 is 1.65 bits per heavy atom. The Bertz CT molecular complexity index is 783. The van der Waals surface area contributed by atoms with E-state index in [0.717, 1.165) is 0 Å².